The van der Waals surface area contributed by atoms with Crippen molar-refractivity contribution in [1.82, 2.24) is 19.5 Å². The second-order valence-electron chi connectivity index (χ2n) is 5.14. The Hall–Kier alpha value is -3.29. The standard InChI is InChI=1S/C16H15FN6O/c1-10-11(2)23(9-20-10)15-18-7-14(8-19-15)22-16(24)21-13-5-3-12(17)4-6-13/h3-9H,1-2H3,(H2,21,22,24). The van der Waals surface area contributed by atoms with Crippen molar-refractivity contribution in [3.05, 3.63) is 60.2 Å². The average molecular weight is 326 g/mol. The molecule has 2 aromatic heterocycles. The van der Waals surface area contributed by atoms with Crippen LogP contribution in [0.1, 0.15) is 11.4 Å². The number of aromatic nitrogens is 4. The maximum absolute atomic E-state index is 12.8. The van der Waals surface area contributed by atoms with Crippen molar-refractivity contribution in [2.75, 3.05) is 10.6 Å². The number of amides is 2. The van der Waals surface area contributed by atoms with Crippen LogP contribution in [0.5, 0.6) is 0 Å². The molecule has 7 nitrogen and oxygen atoms in total. The third-order valence-corrected chi connectivity index (χ3v) is 3.47. The largest absolute Gasteiger partial charge is 0.323 e. The molecule has 0 atom stereocenters. The Kier molecular flexibility index (Phi) is 4.19. The number of hydrogen-bond acceptors (Lipinski definition) is 4. The first-order valence-electron chi connectivity index (χ1n) is 7.19. The molecule has 8 heteroatoms. The van der Waals surface area contributed by atoms with Crippen molar-refractivity contribution in [3.8, 4) is 5.95 Å². The SMILES string of the molecule is Cc1ncn(-c2ncc(NC(=O)Nc3ccc(F)cc3)cn2)c1C. The van der Waals surface area contributed by atoms with Crippen LogP contribution >= 0.6 is 0 Å². The smallest absolute Gasteiger partial charge is 0.308 e. The Balaban J connectivity index is 1.66. The van der Waals surface area contributed by atoms with E-state index in [9.17, 15) is 9.18 Å². The molecule has 0 aliphatic heterocycles. The van der Waals surface area contributed by atoms with E-state index >= 15 is 0 Å². The zero-order valence-electron chi connectivity index (χ0n) is 13.1. The summed E-state index contributed by atoms with van der Waals surface area (Å²) in [6, 6.07) is 5.01. The number of aryl methyl sites for hydroxylation is 1. The monoisotopic (exact) mass is 326 g/mol. The Morgan fingerprint density at radius 3 is 2.21 bits per heavy atom. The summed E-state index contributed by atoms with van der Waals surface area (Å²) in [6.07, 6.45) is 4.65. The van der Waals surface area contributed by atoms with Crippen molar-refractivity contribution >= 4 is 17.4 Å². The predicted molar refractivity (Wildman–Crippen MR) is 87.7 cm³/mol. The highest BCUT2D eigenvalue weighted by Gasteiger charge is 2.08. The Labute approximate surface area is 137 Å². The highest BCUT2D eigenvalue weighted by atomic mass is 19.1. The van der Waals surface area contributed by atoms with Gasteiger partial charge < -0.3 is 10.6 Å². The molecule has 1 aromatic carbocycles. The molecular weight excluding hydrogens is 311 g/mol. The third kappa shape index (κ3) is 3.37. The second-order valence-corrected chi connectivity index (χ2v) is 5.14. The molecule has 0 unspecified atom stereocenters. The average Bonchev–Trinajstić information content (AvgIpc) is 2.90. The zero-order chi connectivity index (χ0) is 17.1. The van der Waals surface area contributed by atoms with Crippen LogP contribution in [0.4, 0.5) is 20.6 Å². The summed E-state index contributed by atoms with van der Waals surface area (Å²) >= 11 is 0. The van der Waals surface area contributed by atoms with Gasteiger partial charge in [0, 0.05) is 11.4 Å². The highest BCUT2D eigenvalue weighted by Crippen LogP contribution is 2.12. The molecule has 0 aliphatic rings. The van der Waals surface area contributed by atoms with Gasteiger partial charge in [-0.3, -0.25) is 4.57 Å². The predicted octanol–water partition coefficient (Wildman–Crippen LogP) is 3.06. The third-order valence-electron chi connectivity index (χ3n) is 3.47. The van der Waals surface area contributed by atoms with E-state index in [4.69, 9.17) is 0 Å². The number of hydrogen-bond donors (Lipinski definition) is 2. The molecule has 2 amide bonds. The van der Waals surface area contributed by atoms with Gasteiger partial charge in [0.2, 0.25) is 5.95 Å². The van der Waals surface area contributed by atoms with E-state index < -0.39 is 6.03 Å². The lowest BCUT2D eigenvalue weighted by Gasteiger charge is -2.08. The van der Waals surface area contributed by atoms with Gasteiger partial charge >= 0.3 is 6.03 Å². The van der Waals surface area contributed by atoms with Crippen molar-refractivity contribution in [3.63, 3.8) is 0 Å². The zero-order valence-corrected chi connectivity index (χ0v) is 13.1. The summed E-state index contributed by atoms with van der Waals surface area (Å²) in [5.41, 5.74) is 2.77. The normalized spacial score (nSPS) is 10.5. The summed E-state index contributed by atoms with van der Waals surface area (Å²) < 4.78 is 14.6. The lowest BCUT2D eigenvalue weighted by atomic mass is 10.3. The fourth-order valence-corrected chi connectivity index (χ4v) is 2.04. The number of benzene rings is 1. The number of halogens is 1. The molecule has 0 bridgehead atoms. The summed E-state index contributed by atoms with van der Waals surface area (Å²) in [5, 5.41) is 5.20. The first-order valence-corrected chi connectivity index (χ1v) is 7.19. The summed E-state index contributed by atoms with van der Waals surface area (Å²) in [7, 11) is 0. The fraction of sp³-hybridized carbons (Fsp3) is 0.125. The van der Waals surface area contributed by atoms with E-state index in [1.165, 1.54) is 36.7 Å². The van der Waals surface area contributed by atoms with Crippen LogP contribution in [0.25, 0.3) is 5.95 Å². The minimum absolute atomic E-state index is 0.366. The van der Waals surface area contributed by atoms with Crippen LogP contribution in [-0.2, 0) is 0 Å². The molecule has 2 N–H and O–H groups in total. The van der Waals surface area contributed by atoms with Crippen molar-refractivity contribution in [1.29, 1.82) is 0 Å². The molecule has 122 valence electrons. The first-order chi connectivity index (χ1) is 11.5. The molecule has 0 saturated heterocycles. The van der Waals surface area contributed by atoms with E-state index in [1.54, 1.807) is 10.9 Å². The number of nitrogens with one attached hydrogen (secondary N) is 2. The lowest BCUT2D eigenvalue weighted by Crippen LogP contribution is -2.19. The van der Waals surface area contributed by atoms with Crippen LogP contribution in [0.15, 0.2) is 43.0 Å². The van der Waals surface area contributed by atoms with Gasteiger partial charge in [0.25, 0.3) is 0 Å². The van der Waals surface area contributed by atoms with E-state index in [-0.39, 0.29) is 5.82 Å². The lowest BCUT2D eigenvalue weighted by molar-refractivity contribution is 0.262. The Morgan fingerprint density at radius 1 is 1.00 bits per heavy atom. The van der Waals surface area contributed by atoms with Gasteiger partial charge in [-0.05, 0) is 38.1 Å². The number of carbonyl (C=O) groups excluding carboxylic acids is 1. The van der Waals surface area contributed by atoms with Crippen LogP contribution in [-0.4, -0.2) is 25.6 Å². The molecule has 0 saturated carbocycles. The number of rotatable bonds is 3. The van der Waals surface area contributed by atoms with Crippen LogP contribution in [0, 0.1) is 19.7 Å². The van der Waals surface area contributed by atoms with E-state index in [1.807, 2.05) is 13.8 Å². The van der Waals surface area contributed by atoms with E-state index in [0.717, 1.165) is 11.4 Å². The molecule has 0 spiro atoms. The van der Waals surface area contributed by atoms with Crippen LogP contribution in [0.2, 0.25) is 0 Å². The molecule has 0 aliphatic carbocycles. The molecule has 24 heavy (non-hydrogen) atoms. The number of carbonyl (C=O) groups is 1. The van der Waals surface area contributed by atoms with Gasteiger partial charge in [-0.25, -0.2) is 24.1 Å². The number of imidazole rings is 1. The van der Waals surface area contributed by atoms with Crippen molar-refractivity contribution in [2.24, 2.45) is 0 Å². The van der Waals surface area contributed by atoms with Crippen molar-refractivity contribution < 1.29 is 9.18 Å². The minimum atomic E-state index is -0.465. The molecular formula is C16H15FN6O. The Bertz CT molecular complexity index is 857. The second kappa shape index (κ2) is 6.45. The van der Waals surface area contributed by atoms with E-state index in [2.05, 4.69) is 25.6 Å². The van der Waals surface area contributed by atoms with Gasteiger partial charge in [-0.2, -0.15) is 0 Å². The van der Waals surface area contributed by atoms with Crippen molar-refractivity contribution in [2.45, 2.75) is 13.8 Å². The molecule has 3 aromatic rings. The summed E-state index contributed by atoms with van der Waals surface area (Å²) in [6.45, 7) is 3.83. The first kappa shape index (κ1) is 15.6. The summed E-state index contributed by atoms with van der Waals surface area (Å²) in [4.78, 5) is 24.5. The maximum Gasteiger partial charge on any atom is 0.323 e. The van der Waals surface area contributed by atoms with Gasteiger partial charge in [0.15, 0.2) is 0 Å². The number of urea groups is 1. The number of anilines is 2. The molecule has 3 rings (SSSR count). The van der Waals surface area contributed by atoms with Crippen LogP contribution in [0.3, 0.4) is 0 Å². The molecule has 0 radical (unpaired) electrons. The minimum Gasteiger partial charge on any atom is -0.308 e. The van der Waals surface area contributed by atoms with Gasteiger partial charge in [-0.15, -0.1) is 0 Å². The fourth-order valence-electron chi connectivity index (χ4n) is 2.04. The van der Waals surface area contributed by atoms with Gasteiger partial charge in [0.1, 0.15) is 12.1 Å². The van der Waals surface area contributed by atoms with Crippen LogP contribution < -0.4 is 10.6 Å². The highest BCUT2D eigenvalue weighted by molar-refractivity contribution is 5.99. The summed E-state index contributed by atoms with van der Waals surface area (Å²) in [5.74, 6) is 0.104. The quantitative estimate of drug-likeness (QED) is 0.774. The van der Waals surface area contributed by atoms with E-state index in [0.29, 0.717) is 17.3 Å². The Morgan fingerprint density at radius 2 is 1.62 bits per heavy atom. The molecule has 0 fully saturated rings. The number of nitrogens with zero attached hydrogens (tertiary/aromatic N) is 4. The van der Waals surface area contributed by atoms with Gasteiger partial charge in [0.05, 0.1) is 23.8 Å². The van der Waals surface area contributed by atoms with Gasteiger partial charge in [-0.1, -0.05) is 0 Å². The maximum atomic E-state index is 12.8. The topological polar surface area (TPSA) is 84.7 Å². The molecule has 2 heterocycles.